The first-order valence-electron chi connectivity index (χ1n) is 9.58. The second kappa shape index (κ2) is 9.34. The van der Waals surface area contributed by atoms with Crippen LogP contribution in [0.1, 0.15) is 38.9 Å². The van der Waals surface area contributed by atoms with Crippen LogP contribution in [0.5, 0.6) is 5.75 Å². The molecule has 1 aromatic carbocycles. The van der Waals surface area contributed by atoms with Crippen LogP contribution in [0.25, 0.3) is 0 Å². The van der Waals surface area contributed by atoms with E-state index in [1.165, 1.54) is 19.2 Å². The topological polar surface area (TPSA) is 49.5 Å². The first-order valence-corrected chi connectivity index (χ1v) is 12.5. The summed E-state index contributed by atoms with van der Waals surface area (Å²) in [5.74, 6) is -0.272. The Bertz CT molecular complexity index is 639. The second-order valence-electron chi connectivity index (χ2n) is 8.70. The minimum absolute atomic E-state index is 0.00519. The molecule has 1 unspecified atom stereocenters. The molecular formula is C20H31F3O5Si. The van der Waals surface area contributed by atoms with Crippen molar-refractivity contribution in [2.24, 2.45) is 0 Å². The molecule has 1 aliphatic heterocycles. The Morgan fingerprint density at radius 1 is 1.14 bits per heavy atom. The van der Waals surface area contributed by atoms with E-state index in [1.807, 2.05) is 0 Å². The normalized spacial score (nSPS) is 19.7. The maximum absolute atomic E-state index is 12.4. The third-order valence-corrected chi connectivity index (χ3v) is 9.85. The minimum atomic E-state index is -4.72. The van der Waals surface area contributed by atoms with E-state index in [-0.39, 0.29) is 29.8 Å². The number of ether oxygens (including phenoxy) is 4. The van der Waals surface area contributed by atoms with Crippen LogP contribution in [-0.2, 0) is 18.6 Å². The first kappa shape index (κ1) is 24.1. The molecule has 0 aliphatic carbocycles. The minimum Gasteiger partial charge on any atom is -0.411 e. The van der Waals surface area contributed by atoms with Gasteiger partial charge in [0.2, 0.25) is 0 Å². The van der Waals surface area contributed by atoms with Crippen molar-refractivity contribution in [3.05, 3.63) is 29.8 Å². The van der Waals surface area contributed by atoms with Crippen LogP contribution >= 0.6 is 0 Å². The number of hydrogen-bond donors (Lipinski definition) is 0. The fourth-order valence-corrected chi connectivity index (χ4v) is 4.01. The van der Waals surface area contributed by atoms with Crippen LogP contribution in [0.15, 0.2) is 24.3 Å². The van der Waals surface area contributed by atoms with Crippen LogP contribution in [0.4, 0.5) is 13.2 Å². The third kappa shape index (κ3) is 7.56. The van der Waals surface area contributed by atoms with Crippen molar-refractivity contribution in [2.45, 2.75) is 70.0 Å². The van der Waals surface area contributed by atoms with E-state index in [0.717, 1.165) is 5.56 Å². The molecule has 166 valence electrons. The SMILES string of the molecule is COCOC(C[C@H](O[Si](C)(C)C(C)(C)C)[C@@H]1CO1)c1ccc(OC(F)(F)F)cc1. The summed E-state index contributed by atoms with van der Waals surface area (Å²) in [6.45, 7) is 11.6. The predicted octanol–water partition coefficient (Wildman–Crippen LogP) is 5.43. The van der Waals surface area contributed by atoms with Gasteiger partial charge in [-0.1, -0.05) is 32.9 Å². The smallest absolute Gasteiger partial charge is 0.411 e. The van der Waals surface area contributed by atoms with Gasteiger partial charge in [-0.25, -0.2) is 0 Å². The average Bonchev–Trinajstić information content (AvgIpc) is 3.41. The van der Waals surface area contributed by atoms with Gasteiger partial charge in [0, 0.05) is 13.5 Å². The van der Waals surface area contributed by atoms with Crippen LogP contribution in [0.2, 0.25) is 18.1 Å². The third-order valence-electron chi connectivity index (χ3n) is 5.34. The molecule has 0 N–H and O–H groups in total. The largest absolute Gasteiger partial charge is 0.573 e. The van der Waals surface area contributed by atoms with Crippen LogP contribution < -0.4 is 4.74 Å². The molecule has 0 amide bonds. The standard InChI is InChI=1S/C20H31F3O5Si/c1-19(2,3)29(5,6)28-17(18-12-25-18)11-16(26-13-24-4)14-7-9-15(10-8-14)27-20(21,22)23/h7-10,16-18H,11-13H2,1-6H3/t16?,17-,18-/m0/s1. The Labute approximate surface area is 171 Å². The van der Waals surface area contributed by atoms with Crippen molar-refractivity contribution in [1.29, 1.82) is 0 Å². The number of alkyl halides is 3. The summed E-state index contributed by atoms with van der Waals surface area (Å²) < 4.78 is 64.1. The molecule has 29 heavy (non-hydrogen) atoms. The van der Waals surface area contributed by atoms with Gasteiger partial charge in [0.15, 0.2) is 8.32 Å². The maximum Gasteiger partial charge on any atom is 0.573 e. The first-order chi connectivity index (χ1) is 13.3. The molecule has 0 bridgehead atoms. The van der Waals surface area contributed by atoms with Crippen molar-refractivity contribution >= 4 is 8.32 Å². The molecule has 0 radical (unpaired) electrons. The molecule has 3 atom stereocenters. The highest BCUT2D eigenvalue weighted by atomic mass is 28.4. The Kier molecular flexibility index (Phi) is 7.78. The van der Waals surface area contributed by atoms with Crippen molar-refractivity contribution in [2.75, 3.05) is 20.5 Å². The molecule has 1 saturated heterocycles. The van der Waals surface area contributed by atoms with E-state index < -0.39 is 20.8 Å². The summed E-state index contributed by atoms with van der Waals surface area (Å²) in [6, 6.07) is 5.70. The van der Waals surface area contributed by atoms with E-state index in [9.17, 15) is 13.2 Å². The summed E-state index contributed by atoms with van der Waals surface area (Å²) in [4.78, 5) is 0. The van der Waals surface area contributed by atoms with Gasteiger partial charge >= 0.3 is 6.36 Å². The summed E-state index contributed by atoms with van der Waals surface area (Å²) in [5, 5.41) is 0.0413. The zero-order valence-electron chi connectivity index (χ0n) is 17.8. The van der Waals surface area contributed by atoms with Gasteiger partial charge in [0.1, 0.15) is 18.6 Å². The van der Waals surface area contributed by atoms with Gasteiger partial charge in [0.25, 0.3) is 0 Å². The van der Waals surface area contributed by atoms with Crippen molar-refractivity contribution in [1.82, 2.24) is 0 Å². The monoisotopic (exact) mass is 436 g/mol. The molecule has 5 nitrogen and oxygen atoms in total. The number of rotatable bonds is 10. The van der Waals surface area contributed by atoms with Crippen molar-refractivity contribution in [3.8, 4) is 5.75 Å². The number of benzene rings is 1. The molecule has 1 fully saturated rings. The molecule has 2 rings (SSSR count). The van der Waals surface area contributed by atoms with E-state index >= 15 is 0 Å². The van der Waals surface area contributed by atoms with E-state index in [2.05, 4.69) is 38.6 Å². The van der Waals surface area contributed by atoms with E-state index in [0.29, 0.717) is 13.0 Å². The van der Waals surface area contributed by atoms with Crippen LogP contribution in [-0.4, -0.2) is 47.4 Å². The zero-order valence-corrected chi connectivity index (χ0v) is 18.8. The fraction of sp³-hybridized carbons (Fsp3) is 0.700. The molecule has 1 heterocycles. The van der Waals surface area contributed by atoms with Crippen LogP contribution in [0, 0.1) is 0 Å². The summed E-state index contributed by atoms with van der Waals surface area (Å²) >= 11 is 0. The molecule has 1 aliphatic rings. The molecule has 0 spiro atoms. The number of halogens is 3. The van der Waals surface area contributed by atoms with E-state index in [1.54, 1.807) is 12.1 Å². The lowest BCUT2D eigenvalue weighted by Crippen LogP contribution is -2.45. The van der Waals surface area contributed by atoms with Crippen molar-refractivity contribution in [3.63, 3.8) is 0 Å². The highest BCUT2D eigenvalue weighted by molar-refractivity contribution is 6.74. The van der Waals surface area contributed by atoms with Gasteiger partial charge in [-0.2, -0.15) is 0 Å². The summed E-state index contributed by atoms with van der Waals surface area (Å²) in [6.07, 6.45) is -4.78. The van der Waals surface area contributed by atoms with Gasteiger partial charge in [0.05, 0.1) is 18.8 Å². The van der Waals surface area contributed by atoms with Crippen LogP contribution in [0.3, 0.4) is 0 Å². The highest BCUT2D eigenvalue weighted by Crippen LogP contribution is 2.40. The molecule has 0 saturated carbocycles. The number of epoxide rings is 1. The Morgan fingerprint density at radius 2 is 1.72 bits per heavy atom. The van der Waals surface area contributed by atoms with Crippen molar-refractivity contribution < 1.29 is 36.5 Å². The molecular weight excluding hydrogens is 405 g/mol. The fourth-order valence-electron chi connectivity index (χ4n) is 2.65. The lowest BCUT2D eigenvalue weighted by atomic mass is 10.0. The highest BCUT2D eigenvalue weighted by Gasteiger charge is 2.44. The average molecular weight is 437 g/mol. The Balaban J connectivity index is 2.15. The van der Waals surface area contributed by atoms with Gasteiger partial charge in [-0.15, -0.1) is 13.2 Å². The number of hydrogen-bond acceptors (Lipinski definition) is 5. The van der Waals surface area contributed by atoms with E-state index in [4.69, 9.17) is 18.6 Å². The molecule has 1 aromatic rings. The Hall–Kier alpha value is -1.13. The zero-order chi connectivity index (χ0) is 21.9. The number of methoxy groups -OCH3 is 1. The molecule has 0 aromatic heterocycles. The Morgan fingerprint density at radius 3 is 2.17 bits per heavy atom. The quantitative estimate of drug-likeness (QED) is 0.278. The van der Waals surface area contributed by atoms with Gasteiger partial charge in [-0.05, 0) is 35.8 Å². The lowest BCUT2D eigenvalue weighted by Gasteiger charge is -2.39. The second-order valence-corrected chi connectivity index (χ2v) is 13.5. The molecule has 9 heteroatoms. The predicted molar refractivity (Wildman–Crippen MR) is 105 cm³/mol. The maximum atomic E-state index is 12.4. The summed E-state index contributed by atoms with van der Waals surface area (Å²) in [7, 11) is -0.519. The van der Waals surface area contributed by atoms with Gasteiger partial charge in [-0.3, -0.25) is 0 Å². The summed E-state index contributed by atoms with van der Waals surface area (Å²) in [5.41, 5.74) is 0.723. The van der Waals surface area contributed by atoms with Gasteiger partial charge < -0.3 is 23.4 Å². The lowest BCUT2D eigenvalue weighted by molar-refractivity contribution is -0.274.